The number of hydrogen-bond donors (Lipinski definition) is 0. The van der Waals surface area contributed by atoms with E-state index in [1.807, 2.05) is 20.8 Å². The zero-order chi connectivity index (χ0) is 16.3. The number of carbonyl (C=O) groups is 2. The third-order valence-electron chi connectivity index (χ3n) is 3.77. The predicted octanol–water partition coefficient (Wildman–Crippen LogP) is 1.95. The van der Waals surface area contributed by atoms with E-state index in [4.69, 9.17) is 9.57 Å². The minimum atomic E-state index is -0.621. The van der Waals surface area contributed by atoms with Gasteiger partial charge in [0.2, 0.25) is 6.10 Å². The first-order chi connectivity index (χ1) is 10.3. The highest BCUT2D eigenvalue weighted by Gasteiger charge is 2.35. The summed E-state index contributed by atoms with van der Waals surface area (Å²) in [4.78, 5) is 30.3. The number of piperidine rings is 1. The number of likely N-dealkylation sites (tertiary alicyclic amines) is 1. The maximum atomic E-state index is 12.0. The zero-order valence-corrected chi connectivity index (χ0v) is 13.6. The Morgan fingerprint density at radius 2 is 1.91 bits per heavy atom. The Hall–Kier alpha value is -1.79. The minimum Gasteiger partial charge on any atom is -0.466 e. The molecule has 0 aromatic heterocycles. The van der Waals surface area contributed by atoms with Crippen LogP contribution in [0.3, 0.4) is 0 Å². The molecule has 1 atom stereocenters. The molecule has 0 saturated carbocycles. The van der Waals surface area contributed by atoms with Gasteiger partial charge in [0.05, 0.1) is 12.8 Å². The fourth-order valence-electron chi connectivity index (χ4n) is 2.62. The first kappa shape index (κ1) is 16.6. The van der Waals surface area contributed by atoms with E-state index in [0.29, 0.717) is 19.5 Å². The molecule has 2 rings (SSSR count). The highest BCUT2D eigenvalue weighted by Crippen LogP contribution is 2.26. The summed E-state index contributed by atoms with van der Waals surface area (Å²) in [5.41, 5.74) is 0.407. The standard InChI is InChI=1S/C15H24N2O5/c1-15(2,3)21-14(19)17-7-5-10(6-8-17)11-9-12(22-16-11)13(18)20-4/h10,12H,5-9H2,1-4H3. The Morgan fingerprint density at radius 3 is 2.45 bits per heavy atom. The maximum absolute atomic E-state index is 12.0. The molecule has 2 aliphatic heterocycles. The Labute approximate surface area is 130 Å². The van der Waals surface area contributed by atoms with Crippen molar-refractivity contribution in [1.29, 1.82) is 0 Å². The largest absolute Gasteiger partial charge is 0.466 e. The number of amides is 1. The molecule has 0 N–H and O–H groups in total. The summed E-state index contributed by atoms with van der Waals surface area (Å²) in [5, 5.41) is 4.02. The van der Waals surface area contributed by atoms with Crippen LogP contribution in [0.5, 0.6) is 0 Å². The number of nitrogens with zero attached hydrogens (tertiary/aromatic N) is 2. The summed E-state index contributed by atoms with van der Waals surface area (Å²) >= 11 is 0. The second kappa shape index (κ2) is 6.54. The van der Waals surface area contributed by atoms with Crippen molar-refractivity contribution < 1.29 is 23.9 Å². The van der Waals surface area contributed by atoms with Gasteiger partial charge in [-0.1, -0.05) is 5.16 Å². The van der Waals surface area contributed by atoms with Gasteiger partial charge in [-0.05, 0) is 33.6 Å². The molecule has 2 heterocycles. The average molecular weight is 312 g/mol. The van der Waals surface area contributed by atoms with Crippen LogP contribution in [-0.4, -0.2) is 54.6 Å². The monoisotopic (exact) mass is 312 g/mol. The van der Waals surface area contributed by atoms with E-state index in [-0.39, 0.29) is 12.0 Å². The van der Waals surface area contributed by atoms with Crippen LogP contribution in [0.1, 0.15) is 40.0 Å². The van der Waals surface area contributed by atoms with Crippen LogP contribution in [0.2, 0.25) is 0 Å². The third kappa shape index (κ3) is 4.11. The molecule has 1 saturated heterocycles. The second-order valence-electron chi connectivity index (χ2n) is 6.65. The zero-order valence-electron chi connectivity index (χ0n) is 13.6. The van der Waals surface area contributed by atoms with E-state index in [1.54, 1.807) is 4.90 Å². The van der Waals surface area contributed by atoms with Crippen molar-refractivity contribution in [3.63, 3.8) is 0 Å². The number of esters is 1. The summed E-state index contributed by atoms with van der Waals surface area (Å²) in [6, 6.07) is 0. The lowest BCUT2D eigenvalue weighted by Crippen LogP contribution is -2.43. The highest BCUT2D eigenvalue weighted by molar-refractivity contribution is 5.92. The molecule has 0 aromatic rings. The molecular formula is C15H24N2O5. The van der Waals surface area contributed by atoms with E-state index in [9.17, 15) is 9.59 Å². The number of oxime groups is 1. The normalized spacial score (nSPS) is 22.8. The molecule has 1 unspecified atom stereocenters. The molecule has 0 aliphatic carbocycles. The molecule has 2 aliphatic rings. The Bertz CT molecular complexity index is 461. The van der Waals surface area contributed by atoms with Gasteiger partial charge in [0.15, 0.2) is 0 Å². The maximum Gasteiger partial charge on any atom is 0.410 e. The first-order valence-corrected chi connectivity index (χ1v) is 7.58. The smallest absolute Gasteiger partial charge is 0.410 e. The van der Waals surface area contributed by atoms with Crippen molar-refractivity contribution >= 4 is 17.8 Å². The fraction of sp³-hybridized carbons (Fsp3) is 0.800. The van der Waals surface area contributed by atoms with Crippen molar-refractivity contribution in [3.05, 3.63) is 0 Å². The molecule has 7 heteroatoms. The van der Waals surface area contributed by atoms with Gasteiger partial charge in [-0.15, -0.1) is 0 Å². The van der Waals surface area contributed by atoms with Crippen molar-refractivity contribution in [3.8, 4) is 0 Å². The van der Waals surface area contributed by atoms with Crippen molar-refractivity contribution in [2.75, 3.05) is 20.2 Å². The molecule has 0 spiro atoms. The summed E-state index contributed by atoms with van der Waals surface area (Å²) in [7, 11) is 1.34. The van der Waals surface area contributed by atoms with Gasteiger partial charge in [0.1, 0.15) is 5.60 Å². The molecular weight excluding hydrogens is 288 g/mol. The van der Waals surface area contributed by atoms with Crippen LogP contribution in [0.25, 0.3) is 0 Å². The average Bonchev–Trinajstić information content (AvgIpc) is 2.94. The molecule has 0 radical (unpaired) electrons. The van der Waals surface area contributed by atoms with E-state index in [2.05, 4.69) is 9.89 Å². The van der Waals surface area contributed by atoms with Crippen molar-refractivity contribution in [2.45, 2.75) is 51.7 Å². The molecule has 7 nitrogen and oxygen atoms in total. The van der Waals surface area contributed by atoms with Gasteiger partial charge >= 0.3 is 12.1 Å². The Morgan fingerprint density at radius 1 is 1.27 bits per heavy atom. The lowest BCUT2D eigenvalue weighted by Gasteiger charge is -2.33. The second-order valence-corrected chi connectivity index (χ2v) is 6.65. The molecule has 124 valence electrons. The Balaban J connectivity index is 1.81. The molecule has 1 amide bonds. The fourth-order valence-corrected chi connectivity index (χ4v) is 2.62. The molecule has 0 bridgehead atoms. The summed E-state index contributed by atoms with van der Waals surface area (Å²) < 4.78 is 10.0. The third-order valence-corrected chi connectivity index (χ3v) is 3.77. The van der Waals surface area contributed by atoms with Gasteiger partial charge in [0, 0.05) is 25.4 Å². The van der Waals surface area contributed by atoms with Crippen LogP contribution in [0.15, 0.2) is 5.16 Å². The first-order valence-electron chi connectivity index (χ1n) is 7.58. The van der Waals surface area contributed by atoms with E-state index in [1.165, 1.54) is 7.11 Å². The number of methoxy groups -OCH3 is 1. The van der Waals surface area contributed by atoms with Crippen LogP contribution >= 0.6 is 0 Å². The van der Waals surface area contributed by atoms with Crippen LogP contribution in [0, 0.1) is 5.92 Å². The van der Waals surface area contributed by atoms with Gasteiger partial charge in [0.25, 0.3) is 0 Å². The summed E-state index contributed by atoms with van der Waals surface area (Å²) in [6.45, 7) is 6.82. The van der Waals surface area contributed by atoms with E-state index < -0.39 is 17.7 Å². The molecule has 1 fully saturated rings. The minimum absolute atomic E-state index is 0.244. The number of carbonyl (C=O) groups excluding carboxylic acids is 2. The SMILES string of the molecule is COC(=O)C1CC(C2CCN(C(=O)OC(C)(C)C)CC2)=NO1. The summed E-state index contributed by atoms with van der Waals surface area (Å²) in [5.74, 6) is -0.154. The molecule has 22 heavy (non-hydrogen) atoms. The van der Waals surface area contributed by atoms with Crippen molar-refractivity contribution in [2.24, 2.45) is 11.1 Å². The van der Waals surface area contributed by atoms with Crippen LogP contribution < -0.4 is 0 Å². The summed E-state index contributed by atoms with van der Waals surface area (Å²) in [6.07, 6.45) is 1.18. The van der Waals surface area contributed by atoms with Crippen molar-refractivity contribution in [1.82, 2.24) is 4.90 Å². The van der Waals surface area contributed by atoms with Gasteiger partial charge in [-0.25, -0.2) is 9.59 Å². The van der Waals surface area contributed by atoms with E-state index in [0.717, 1.165) is 18.6 Å². The quantitative estimate of drug-likeness (QED) is 0.728. The lowest BCUT2D eigenvalue weighted by atomic mass is 9.89. The van der Waals surface area contributed by atoms with Gasteiger partial charge < -0.3 is 19.2 Å². The number of ether oxygens (including phenoxy) is 2. The number of rotatable bonds is 2. The van der Waals surface area contributed by atoms with Crippen LogP contribution in [-0.2, 0) is 19.1 Å². The van der Waals surface area contributed by atoms with Gasteiger partial charge in [-0.2, -0.15) is 0 Å². The number of hydrogen-bond acceptors (Lipinski definition) is 6. The Kier molecular flexibility index (Phi) is 4.93. The van der Waals surface area contributed by atoms with E-state index >= 15 is 0 Å². The van der Waals surface area contributed by atoms with Crippen LogP contribution in [0.4, 0.5) is 4.79 Å². The topological polar surface area (TPSA) is 77.4 Å². The van der Waals surface area contributed by atoms with Gasteiger partial charge in [-0.3, -0.25) is 0 Å². The lowest BCUT2D eigenvalue weighted by molar-refractivity contribution is -0.152. The highest BCUT2D eigenvalue weighted by atomic mass is 16.7. The predicted molar refractivity (Wildman–Crippen MR) is 79.5 cm³/mol. The molecule has 0 aromatic carbocycles.